The highest BCUT2D eigenvalue weighted by Gasteiger charge is 2.34. The van der Waals surface area contributed by atoms with Crippen LogP contribution in [0.2, 0.25) is 0 Å². The van der Waals surface area contributed by atoms with Crippen molar-refractivity contribution in [1.29, 1.82) is 0 Å². The molecule has 0 aromatic carbocycles. The molecule has 1 aromatic rings. The Labute approximate surface area is 108 Å². The number of halogens is 3. The fraction of sp³-hybridized carbons (Fsp3) is 0.583. The lowest BCUT2D eigenvalue weighted by Gasteiger charge is -2.31. The number of piperidine rings is 1. The largest absolute Gasteiger partial charge is 0.433 e. The molecular weight excluding hydrogens is 259 g/mol. The van der Waals surface area contributed by atoms with E-state index in [4.69, 9.17) is 0 Å². The number of hydrogen-bond donors (Lipinski definition) is 0. The van der Waals surface area contributed by atoms with Crippen molar-refractivity contribution in [2.24, 2.45) is 0 Å². The van der Waals surface area contributed by atoms with Crippen LogP contribution in [0.4, 0.5) is 13.2 Å². The summed E-state index contributed by atoms with van der Waals surface area (Å²) in [6.45, 7) is 2.54. The van der Waals surface area contributed by atoms with E-state index in [0.29, 0.717) is 18.8 Å². The minimum atomic E-state index is -4.47. The minimum absolute atomic E-state index is 0.0604. The van der Waals surface area contributed by atoms with Crippen LogP contribution in [-0.2, 0) is 11.0 Å². The van der Waals surface area contributed by atoms with Crippen LogP contribution in [0.15, 0.2) is 12.4 Å². The van der Waals surface area contributed by atoms with Gasteiger partial charge >= 0.3 is 6.18 Å². The summed E-state index contributed by atoms with van der Waals surface area (Å²) in [5.41, 5.74) is -0.578. The van der Waals surface area contributed by atoms with Crippen LogP contribution >= 0.6 is 0 Å². The molecule has 1 saturated heterocycles. The zero-order valence-corrected chi connectivity index (χ0v) is 10.4. The number of nitrogens with zero attached hydrogens (tertiary/aromatic N) is 3. The molecule has 1 aromatic heterocycles. The van der Waals surface area contributed by atoms with Gasteiger partial charge in [0.1, 0.15) is 12.0 Å². The Hall–Kier alpha value is -1.66. The molecule has 0 aliphatic carbocycles. The fourth-order valence-electron chi connectivity index (χ4n) is 2.26. The van der Waals surface area contributed by atoms with E-state index >= 15 is 0 Å². The van der Waals surface area contributed by atoms with Crippen molar-refractivity contribution >= 4 is 5.91 Å². The van der Waals surface area contributed by atoms with Gasteiger partial charge in [-0.3, -0.25) is 4.79 Å². The van der Waals surface area contributed by atoms with Gasteiger partial charge in [0.05, 0.1) is 0 Å². The highest BCUT2D eigenvalue weighted by Crippen LogP contribution is 2.31. The molecule has 0 saturated carbocycles. The lowest BCUT2D eigenvalue weighted by atomic mass is 9.94. The number of carbonyl (C=O) groups excluding carboxylic acids is 1. The second-order valence-electron chi connectivity index (χ2n) is 4.63. The number of carbonyl (C=O) groups is 1. The van der Waals surface area contributed by atoms with E-state index in [1.165, 1.54) is 6.92 Å². The standard InChI is InChI=1S/C12H14F3N3O/c1-8(19)18-4-2-3-9(6-18)10-5-11(12(13,14)15)17-7-16-10/h5,7,9H,2-4,6H2,1H3. The van der Waals surface area contributed by atoms with Crippen LogP contribution in [0.3, 0.4) is 0 Å². The smallest absolute Gasteiger partial charge is 0.342 e. The first kappa shape index (κ1) is 13.8. The van der Waals surface area contributed by atoms with Crippen LogP contribution in [0.25, 0.3) is 0 Å². The number of hydrogen-bond acceptors (Lipinski definition) is 3. The van der Waals surface area contributed by atoms with Crippen molar-refractivity contribution < 1.29 is 18.0 Å². The van der Waals surface area contributed by atoms with E-state index in [1.54, 1.807) is 4.90 Å². The Morgan fingerprint density at radius 1 is 1.42 bits per heavy atom. The van der Waals surface area contributed by atoms with Gasteiger partial charge in [-0.05, 0) is 18.9 Å². The number of rotatable bonds is 1. The van der Waals surface area contributed by atoms with E-state index in [-0.39, 0.29) is 11.8 Å². The van der Waals surface area contributed by atoms with Gasteiger partial charge in [0.25, 0.3) is 0 Å². The van der Waals surface area contributed by atoms with Crippen molar-refractivity contribution in [3.8, 4) is 0 Å². The summed E-state index contributed by atoms with van der Waals surface area (Å²) in [5, 5.41) is 0. The Kier molecular flexibility index (Phi) is 3.73. The maximum absolute atomic E-state index is 12.6. The van der Waals surface area contributed by atoms with Crippen LogP contribution in [0.5, 0.6) is 0 Å². The molecule has 7 heteroatoms. The van der Waals surface area contributed by atoms with Gasteiger partial charge in [-0.2, -0.15) is 13.2 Å². The number of alkyl halides is 3. The predicted octanol–water partition coefficient (Wildman–Crippen LogP) is 2.22. The first-order valence-electron chi connectivity index (χ1n) is 6.02. The van der Waals surface area contributed by atoms with Gasteiger partial charge < -0.3 is 4.90 Å². The van der Waals surface area contributed by atoms with E-state index in [9.17, 15) is 18.0 Å². The second kappa shape index (κ2) is 5.14. The normalized spacial score (nSPS) is 20.4. The van der Waals surface area contributed by atoms with Crippen molar-refractivity contribution in [3.05, 3.63) is 23.8 Å². The zero-order chi connectivity index (χ0) is 14.0. The third kappa shape index (κ3) is 3.21. The first-order chi connectivity index (χ1) is 8.88. The lowest BCUT2D eigenvalue weighted by Crippen LogP contribution is -2.37. The molecule has 0 radical (unpaired) electrons. The molecule has 1 fully saturated rings. The van der Waals surface area contributed by atoms with Crippen molar-refractivity contribution in [2.75, 3.05) is 13.1 Å². The van der Waals surface area contributed by atoms with Gasteiger partial charge in [-0.15, -0.1) is 0 Å². The number of likely N-dealkylation sites (tertiary alicyclic amines) is 1. The average molecular weight is 273 g/mol. The van der Waals surface area contributed by atoms with Crippen LogP contribution in [0.1, 0.15) is 37.1 Å². The van der Waals surface area contributed by atoms with E-state index in [0.717, 1.165) is 25.2 Å². The van der Waals surface area contributed by atoms with Gasteiger partial charge in [-0.1, -0.05) is 0 Å². The molecular formula is C12H14F3N3O. The molecule has 0 N–H and O–H groups in total. The molecule has 0 bridgehead atoms. The Balaban J connectivity index is 2.20. The minimum Gasteiger partial charge on any atom is -0.342 e. The van der Waals surface area contributed by atoms with Gasteiger partial charge in [0, 0.05) is 31.6 Å². The number of aromatic nitrogens is 2. The second-order valence-corrected chi connectivity index (χ2v) is 4.63. The highest BCUT2D eigenvalue weighted by molar-refractivity contribution is 5.73. The van der Waals surface area contributed by atoms with Gasteiger partial charge in [0.15, 0.2) is 0 Å². The molecule has 19 heavy (non-hydrogen) atoms. The monoisotopic (exact) mass is 273 g/mol. The molecule has 1 aliphatic heterocycles. The fourth-order valence-corrected chi connectivity index (χ4v) is 2.26. The molecule has 104 valence electrons. The zero-order valence-electron chi connectivity index (χ0n) is 10.4. The molecule has 2 heterocycles. The first-order valence-corrected chi connectivity index (χ1v) is 6.02. The topological polar surface area (TPSA) is 46.1 Å². The summed E-state index contributed by atoms with van der Waals surface area (Å²) in [6, 6.07) is 0.980. The summed E-state index contributed by atoms with van der Waals surface area (Å²) < 4.78 is 37.8. The molecule has 2 rings (SSSR count). The Bertz CT molecular complexity index is 476. The van der Waals surface area contributed by atoms with E-state index in [1.807, 2.05) is 0 Å². The van der Waals surface area contributed by atoms with E-state index < -0.39 is 11.9 Å². The molecule has 1 amide bonds. The van der Waals surface area contributed by atoms with Crippen LogP contribution in [-0.4, -0.2) is 33.9 Å². The maximum atomic E-state index is 12.6. The van der Waals surface area contributed by atoms with Crippen molar-refractivity contribution in [2.45, 2.75) is 31.9 Å². The van der Waals surface area contributed by atoms with Crippen LogP contribution in [0, 0.1) is 0 Å². The van der Waals surface area contributed by atoms with Crippen molar-refractivity contribution in [3.63, 3.8) is 0 Å². The third-order valence-corrected chi connectivity index (χ3v) is 3.26. The maximum Gasteiger partial charge on any atom is 0.433 e. The molecule has 4 nitrogen and oxygen atoms in total. The average Bonchev–Trinajstić information content (AvgIpc) is 2.38. The molecule has 1 unspecified atom stereocenters. The van der Waals surface area contributed by atoms with Crippen LogP contribution < -0.4 is 0 Å². The summed E-state index contributed by atoms with van der Waals surface area (Å²) in [7, 11) is 0. The number of amides is 1. The summed E-state index contributed by atoms with van der Waals surface area (Å²) >= 11 is 0. The Morgan fingerprint density at radius 2 is 2.16 bits per heavy atom. The predicted molar refractivity (Wildman–Crippen MR) is 61.3 cm³/mol. The summed E-state index contributed by atoms with van der Waals surface area (Å²) in [6.07, 6.45) is -2.02. The van der Waals surface area contributed by atoms with Gasteiger partial charge in [-0.25, -0.2) is 9.97 Å². The molecule has 0 spiro atoms. The van der Waals surface area contributed by atoms with Gasteiger partial charge in [0.2, 0.25) is 5.91 Å². The molecule has 1 aliphatic rings. The third-order valence-electron chi connectivity index (χ3n) is 3.26. The molecule has 1 atom stereocenters. The quantitative estimate of drug-likeness (QED) is 0.788. The van der Waals surface area contributed by atoms with Crippen molar-refractivity contribution in [1.82, 2.24) is 14.9 Å². The SMILES string of the molecule is CC(=O)N1CCCC(c2cc(C(F)(F)F)ncn2)C1. The lowest BCUT2D eigenvalue weighted by molar-refractivity contribution is -0.141. The highest BCUT2D eigenvalue weighted by atomic mass is 19.4. The van der Waals surface area contributed by atoms with E-state index in [2.05, 4.69) is 9.97 Å². The summed E-state index contributed by atoms with van der Waals surface area (Å²) in [4.78, 5) is 20.1. The Morgan fingerprint density at radius 3 is 2.79 bits per heavy atom. The summed E-state index contributed by atoms with van der Waals surface area (Å²) in [5.74, 6) is -0.212.